The predicted molar refractivity (Wildman–Crippen MR) is 144 cm³/mol. The lowest BCUT2D eigenvalue weighted by Gasteiger charge is -2.25. The van der Waals surface area contributed by atoms with Gasteiger partial charge < -0.3 is 11.1 Å². The maximum Gasteiger partial charge on any atom is 0.264 e. The monoisotopic (exact) mass is 581 g/mol. The molecule has 5 N–H and O–H groups in total. The van der Waals surface area contributed by atoms with E-state index in [1.165, 1.54) is 17.9 Å². The molecule has 0 bridgehead atoms. The zero-order chi connectivity index (χ0) is 28.1. The van der Waals surface area contributed by atoms with Crippen molar-refractivity contribution in [1.29, 1.82) is 0 Å². The van der Waals surface area contributed by atoms with Gasteiger partial charge in [0.15, 0.2) is 14.6 Å². The summed E-state index contributed by atoms with van der Waals surface area (Å²) in [6.07, 6.45) is 3.96. The molecule has 1 aromatic heterocycles. The molecule has 0 spiro atoms. The second kappa shape index (κ2) is 13.0. The average molecular weight is 582 g/mol. The van der Waals surface area contributed by atoms with E-state index in [2.05, 4.69) is 34.0 Å². The third-order valence-corrected chi connectivity index (χ3v) is 8.69. The Morgan fingerprint density at radius 1 is 1.31 bits per heavy atom. The normalized spacial score (nSPS) is 18.0. The fourth-order valence-electron chi connectivity index (χ4n) is 4.12. The number of rotatable bonds is 7. The first-order valence-electron chi connectivity index (χ1n) is 11.7. The molecule has 1 saturated carbocycles. The van der Waals surface area contributed by atoms with Crippen molar-refractivity contribution in [2.45, 2.75) is 49.9 Å². The molecule has 1 aliphatic carbocycles. The van der Waals surface area contributed by atoms with Gasteiger partial charge in [0.05, 0.1) is 29.3 Å². The Balaban J connectivity index is 0.00000533. The summed E-state index contributed by atoms with van der Waals surface area (Å²) in [4.78, 5) is 40.4. The van der Waals surface area contributed by atoms with Crippen molar-refractivity contribution in [2.75, 3.05) is 12.8 Å². The number of hydroxylamine groups is 1. The van der Waals surface area contributed by atoms with Crippen molar-refractivity contribution in [3.05, 3.63) is 40.2 Å². The standard InChI is InChI=1S/C25H28FN5O6S.ClH/c1-25(24(34)30-35,38(2,36)37)9-10-31-15-28-21-12-17(20(26)13-19(21)23(31)33)6-4-3-5-16-7-8-18(11-16)29-22(32)14-27;/h12-13,15-16,18,35H,7-11,14,27H2,1-2H3,(H,29,32)(H,30,34);1H. The molecule has 3 unspecified atom stereocenters. The molecule has 3 atom stereocenters. The highest BCUT2D eigenvalue weighted by atomic mass is 35.5. The summed E-state index contributed by atoms with van der Waals surface area (Å²) in [6.45, 7) is 0.839. The maximum absolute atomic E-state index is 14.7. The molecule has 14 heteroatoms. The van der Waals surface area contributed by atoms with Crippen LogP contribution in [-0.2, 0) is 26.0 Å². The van der Waals surface area contributed by atoms with Crippen LogP contribution in [0, 0.1) is 35.4 Å². The Morgan fingerprint density at radius 3 is 2.67 bits per heavy atom. The molecular weight excluding hydrogens is 553 g/mol. The molecule has 1 aromatic carbocycles. The highest BCUT2D eigenvalue weighted by Gasteiger charge is 2.43. The number of carbonyl (C=O) groups is 2. The largest absolute Gasteiger partial charge is 0.352 e. The van der Waals surface area contributed by atoms with Crippen LogP contribution >= 0.6 is 12.4 Å². The zero-order valence-electron chi connectivity index (χ0n) is 21.3. The van der Waals surface area contributed by atoms with E-state index in [1.807, 2.05) is 0 Å². The van der Waals surface area contributed by atoms with E-state index in [-0.39, 0.29) is 66.3 Å². The van der Waals surface area contributed by atoms with Gasteiger partial charge in [-0.2, -0.15) is 0 Å². The Kier molecular flexibility index (Phi) is 10.6. The number of nitrogens with one attached hydrogen (secondary N) is 2. The van der Waals surface area contributed by atoms with Crippen molar-refractivity contribution in [2.24, 2.45) is 11.7 Å². The number of halogens is 2. The van der Waals surface area contributed by atoms with Crippen LogP contribution in [0.2, 0.25) is 0 Å². The van der Waals surface area contributed by atoms with Gasteiger partial charge in [-0.1, -0.05) is 5.92 Å². The quantitative estimate of drug-likeness (QED) is 0.205. The van der Waals surface area contributed by atoms with Crippen LogP contribution in [0.15, 0.2) is 23.3 Å². The minimum atomic E-state index is -3.95. The van der Waals surface area contributed by atoms with Gasteiger partial charge in [0, 0.05) is 24.8 Å². The molecule has 0 saturated heterocycles. The fraction of sp³-hybridized carbons (Fsp3) is 0.440. The first-order chi connectivity index (χ1) is 17.9. The molecular formula is C25H29ClFN5O6S. The van der Waals surface area contributed by atoms with Gasteiger partial charge in [-0.3, -0.25) is 24.2 Å². The van der Waals surface area contributed by atoms with Crippen molar-refractivity contribution < 1.29 is 27.6 Å². The summed E-state index contributed by atoms with van der Waals surface area (Å²) in [5.74, 6) is 8.92. The number of nitrogens with two attached hydrogens (primary N) is 1. The summed E-state index contributed by atoms with van der Waals surface area (Å²) in [5, 5.41) is 11.7. The minimum Gasteiger partial charge on any atom is -0.352 e. The van der Waals surface area contributed by atoms with E-state index in [1.54, 1.807) is 0 Å². The maximum atomic E-state index is 14.7. The highest BCUT2D eigenvalue weighted by molar-refractivity contribution is 7.92. The lowest BCUT2D eigenvalue weighted by molar-refractivity contribution is -0.131. The van der Waals surface area contributed by atoms with Crippen LogP contribution in [0.1, 0.15) is 38.2 Å². The molecule has 210 valence electrons. The second-order valence-corrected chi connectivity index (χ2v) is 11.7. The van der Waals surface area contributed by atoms with E-state index in [0.717, 1.165) is 36.7 Å². The fourth-order valence-corrected chi connectivity index (χ4v) is 4.96. The van der Waals surface area contributed by atoms with Crippen LogP contribution in [0.25, 0.3) is 10.9 Å². The molecule has 39 heavy (non-hydrogen) atoms. The topological polar surface area (TPSA) is 173 Å². The molecule has 1 heterocycles. The first-order valence-corrected chi connectivity index (χ1v) is 13.6. The minimum absolute atomic E-state index is 0. The summed E-state index contributed by atoms with van der Waals surface area (Å²) in [7, 11) is -3.95. The third-order valence-electron chi connectivity index (χ3n) is 6.66. The van der Waals surface area contributed by atoms with Gasteiger partial charge >= 0.3 is 0 Å². The van der Waals surface area contributed by atoms with E-state index in [0.29, 0.717) is 6.42 Å². The molecule has 1 fully saturated rings. The van der Waals surface area contributed by atoms with Crippen molar-refractivity contribution in [3.63, 3.8) is 0 Å². The van der Waals surface area contributed by atoms with Crippen molar-refractivity contribution >= 4 is 45.0 Å². The van der Waals surface area contributed by atoms with Gasteiger partial charge in [0.1, 0.15) is 5.82 Å². The Labute approximate surface area is 231 Å². The number of carbonyl (C=O) groups excluding carboxylic acids is 2. The number of benzene rings is 1. The molecule has 2 aromatic rings. The second-order valence-electron chi connectivity index (χ2n) is 9.28. The SMILES string of the molecule is CC(CCn1cnc2cc(C#CC#CC3CCC(NC(=O)CN)C3)c(F)cc2c1=O)(C(=O)NO)S(C)(=O)=O.Cl. The van der Waals surface area contributed by atoms with Gasteiger partial charge in [0.25, 0.3) is 11.5 Å². The number of fused-ring (bicyclic) bond motifs is 1. The number of nitrogens with zero attached hydrogens (tertiary/aromatic N) is 2. The molecule has 11 nitrogen and oxygen atoms in total. The van der Waals surface area contributed by atoms with Gasteiger partial charge in [0.2, 0.25) is 5.91 Å². The Morgan fingerprint density at radius 2 is 2.03 bits per heavy atom. The van der Waals surface area contributed by atoms with Gasteiger partial charge in [-0.25, -0.2) is 23.3 Å². The molecule has 3 rings (SSSR count). The van der Waals surface area contributed by atoms with E-state index in [9.17, 15) is 27.2 Å². The summed E-state index contributed by atoms with van der Waals surface area (Å²) >= 11 is 0. The van der Waals surface area contributed by atoms with E-state index in [4.69, 9.17) is 10.9 Å². The number of sulfone groups is 1. The van der Waals surface area contributed by atoms with Gasteiger partial charge in [-0.15, -0.1) is 12.4 Å². The Hall–Kier alpha value is -3.49. The third kappa shape index (κ3) is 7.34. The Bertz CT molecular complexity index is 1560. The number of aromatic nitrogens is 2. The lowest BCUT2D eigenvalue weighted by atomic mass is 10.1. The number of amides is 2. The predicted octanol–water partition coefficient (Wildman–Crippen LogP) is 0.255. The molecule has 1 aliphatic rings. The highest BCUT2D eigenvalue weighted by Crippen LogP contribution is 2.25. The van der Waals surface area contributed by atoms with Crippen molar-refractivity contribution in [3.8, 4) is 23.7 Å². The zero-order valence-corrected chi connectivity index (χ0v) is 22.9. The number of hydrogen-bond acceptors (Lipinski definition) is 8. The van der Waals surface area contributed by atoms with Crippen LogP contribution < -0.4 is 22.1 Å². The molecule has 2 amide bonds. The summed E-state index contributed by atoms with van der Waals surface area (Å²) < 4.78 is 38.0. The van der Waals surface area contributed by atoms with Crippen molar-refractivity contribution in [1.82, 2.24) is 20.3 Å². The summed E-state index contributed by atoms with van der Waals surface area (Å²) in [6, 6.07) is 2.34. The summed E-state index contributed by atoms with van der Waals surface area (Å²) in [5.41, 5.74) is 6.19. The first kappa shape index (κ1) is 31.7. The van der Waals surface area contributed by atoms with E-state index >= 15 is 0 Å². The van der Waals surface area contributed by atoms with E-state index < -0.39 is 31.9 Å². The van der Waals surface area contributed by atoms with Crippen LogP contribution in [0.5, 0.6) is 0 Å². The van der Waals surface area contributed by atoms with Crippen LogP contribution in [0.3, 0.4) is 0 Å². The lowest BCUT2D eigenvalue weighted by Crippen LogP contribution is -2.50. The number of aryl methyl sites for hydroxylation is 1. The average Bonchev–Trinajstić information content (AvgIpc) is 3.32. The molecule has 0 aliphatic heterocycles. The smallest absolute Gasteiger partial charge is 0.264 e. The number of hydrogen-bond donors (Lipinski definition) is 4. The molecule has 0 radical (unpaired) electrons. The van der Waals surface area contributed by atoms with Gasteiger partial charge in [-0.05, 0) is 62.5 Å². The van der Waals surface area contributed by atoms with Crippen LogP contribution in [-0.4, -0.2) is 58.6 Å². The van der Waals surface area contributed by atoms with Crippen LogP contribution in [0.4, 0.5) is 4.39 Å².